The number of ketones is 1. The SMILES string of the molecule is CCc1ccc(C(=O)C(C)OC(=O)CCN=C2NS(=O)(=O)c3ccccc32)cc1. The number of nitrogens with zero attached hydrogens (tertiary/aromatic N) is 1. The van der Waals surface area contributed by atoms with Gasteiger partial charge in [0.1, 0.15) is 5.84 Å². The summed E-state index contributed by atoms with van der Waals surface area (Å²) in [6, 6.07) is 13.7. The normalized spacial score (nSPS) is 16.7. The molecule has 1 heterocycles. The first-order valence-electron chi connectivity index (χ1n) is 9.31. The van der Waals surface area contributed by atoms with Crippen LogP contribution in [0.4, 0.5) is 0 Å². The highest BCUT2D eigenvalue weighted by molar-refractivity contribution is 7.90. The Kier molecular flexibility index (Phi) is 6.12. The Hall–Kier alpha value is -3.00. The largest absolute Gasteiger partial charge is 0.454 e. The number of aryl methyl sites for hydroxylation is 1. The number of amidine groups is 1. The number of nitrogens with one attached hydrogen (secondary N) is 1. The van der Waals surface area contributed by atoms with Crippen molar-refractivity contribution in [3.05, 3.63) is 65.2 Å². The Morgan fingerprint density at radius 3 is 2.48 bits per heavy atom. The molecule has 1 unspecified atom stereocenters. The van der Waals surface area contributed by atoms with Gasteiger partial charge in [0.05, 0.1) is 17.9 Å². The molecule has 7 nitrogen and oxygen atoms in total. The summed E-state index contributed by atoms with van der Waals surface area (Å²) < 4.78 is 31.6. The molecule has 0 saturated carbocycles. The molecule has 0 fully saturated rings. The zero-order valence-corrected chi connectivity index (χ0v) is 17.0. The molecule has 2 aromatic rings. The Morgan fingerprint density at radius 2 is 1.79 bits per heavy atom. The number of hydrogen-bond donors (Lipinski definition) is 1. The summed E-state index contributed by atoms with van der Waals surface area (Å²) in [5.41, 5.74) is 2.08. The first-order valence-corrected chi connectivity index (χ1v) is 10.8. The van der Waals surface area contributed by atoms with Crippen molar-refractivity contribution in [3.8, 4) is 0 Å². The maximum Gasteiger partial charge on any atom is 0.308 e. The van der Waals surface area contributed by atoms with E-state index in [0.717, 1.165) is 12.0 Å². The van der Waals surface area contributed by atoms with Crippen molar-refractivity contribution in [1.82, 2.24) is 4.72 Å². The van der Waals surface area contributed by atoms with Crippen molar-refractivity contribution >= 4 is 27.6 Å². The van der Waals surface area contributed by atoms with E-state index in [4.69, 9.17) is 4.74 Å². The summed E-state index contributed by atoms with van der Waals surface area (Å²) in [7, 11) is -3.61. The number of carbonyl (C=O) groups excluding carboxylic acids is 2. The Labute approximate surface area is 169 Å². The first-order chi connectivity index (χ1) is 13.8. The first kappa shape index (κ1) is 20.7. The highest BCUT2D eigenvalue weighted by Crippen LogP contribution is 2.22. The third kappa shape index (κ3) is 4.71. The molecule has 1 atom stereocenters. The lowest BCUT2D eigenvalue weighted by Crippen LogP contribution is -2.25. The summed E-state index contributed by atoms with van der Waals surface area (Å²) in [4.78, 5) is 28.8. The quantitative estimate of drug-likeness (QED) is 0.554. The fraction of sp³-hybridized carbons (Fsp3) is 0.286. The van der Waals surface area contributed by atoms with Crippen LogP contribution in [0, 0.1) is 0 Å². The average molecular weight is 414 g/mol. The van der Waals surface area contributed by atoms with Crippen molar-refractivity contribution in [3.63, 3.8) is 0 Å². The highest BCUT2D eigenvalue weighted by atomic mass is 32.2. The van der Waals surface area contributed by atoms with E-state index < -0.39 is 22.1 Å². The molecule has 29 heavy (non-hydrogen) atoms. The Balaban J connectivity index is 1.56. The summed E-state index contributed by atoms with van der Waals surface area (Å²) in [6.45, 7) is 3.60. The molecule has 0 saturated heterocycles. The molecule has 1 aliphatic heterocycles. The molecule has 2 aromatic carbocycles. The number of sulfonamides is 1. The van der Waals surface area contributed by atoms with Crippen LogP contribution in [0.5, 0.6) is 0 Å². The summed E-state index contributed by atoms with van der Waals surface area (Å²) in [6.07, 6.45) is -0.101. The average Bonchev–Trinajstić information content (AvgIpc) is 2.98. The minimum Gasteiger partial charge on any atom is -0.454 e. The fourth-order valence-electron chi connectivity index (χ4n) is 2.96. The van der Waals surface area contributed by atoms with Gasteiger partial charge in [-0.1, -0.05) is 43.3 Å². The van der Waals surface area contributed by atoms with Gasteiger partial charge < -0.3 is 4.74 Å². The summed E-state index contributed by atoms with van der Waals surface area (Å²) >= 11 is 0. The van der Waals surface area contributed by atoms with Gasteiger partial charge in [0, 0.05) is 11.1 Å². The maximum atomic E-state index is 12.4. The van der Waals surface area contributed by atoms with E-state index >= 15 is 0 Å². The van der Waals surface area contributed by atoms with Crippen LogP contribution < -0.4 is 4.72 Å². The second kappa shape index (κ2) is 8.57. The molecule has 0 aliphatic carbocycles. The molecular weight excluding hydrogens is 392 g/mol. The molecular formula is C21H22N2O5S. The van der Waals surface area contributed by atoms with E-state index in [1.807, 2.05) is 19.1 Å². The number of fused-ring (bicyclic) bond motifs is 1. The topological polar surface area (TPSA) is 102 Å². The van der Waals surface area contributed by atoms with Gasteiger partial charge in [-0.25, -0.2) is 8.42 Å². The molecule has 1 N–H and O–H groups in total. The number of Topliss-reactive ketones (excluding diaryl/α,β-unsaturated/α-hetero) is 1. The van der Waals surface area contributed by atoms with Crippen molar-refractivity contribution < 1.29 is 22.7 Å². The minimum atomic E-state index is -3.61. The van der Waals surface area contributed by atoms with Gasteiger partial charge in [-0.2, -0.15) is 0 Å². The minimum absolute atomic E-state index is 0.0388. The van der Waals surface area contributed by atoms with E-state index in [0.29, 0.717) is 11.1 Å². The number of esters is 1. The van der Waals surface area contributed by atoms with Crippen LogP contribution in [0.25, 0.3) is 0 Å². The van der Waals surface area contributed by atoms with Crippen molar-refractivity contribution in [2.24, 2.45) is 4.99 Å². The third-order valence-electron chi connectivity index (χ3n) is 4.57. The number of aliphatic imine (C=N–C) groups is 1. The molecule has 0 aromatic heterocycles. The second-order valence-corrected chi connectivity index (χ2v) is 8.28. The lowest BCUT2D eigenvalue weighted by Gasteiger charge is -2.12. The summed E-state index contributed by atoms with van der Waals surface area (Å²) in [5, 5.41) is 0. The molecule has 0 amide bonds. The zero-order chi connectivity index (χ0) is 21.0. The number of rotatable bonds is 7. The van der Waals surface area contributed by atoms with Crippen LogP contribution in [-0.2, 0) is 26.0 Å². The van der Waals surface area contributed by atoms with Crippen LogP contribution in [-0.4, -0.2) is 38.7 Å². The van der Waals surface area contributed by atoms with Crippen LogP contribution in [0.15, 0.2) is 58.4 Å². The second-order valence-electron chi connectivity index (χ2n) is 6.63. The number of benzene rings is 2. The fourth-order valence-corrected chi connectivity index (χ4v) is 4.21. The molecule has 0 spiro atoms. The smallest absolute Gasteiger partial charge is 0.308 e. The van der Waals surface area contributed by atoms with Crippen LogP contribution in [0.1, 0.15) is 41.8 Å². The van der Waals surface area contributed by atoms with E-state index in [1.54, 1.807) is 30.3 Å². The predicted octanol–water partition coefficient (Wildman–Crippen LogP) is 2.49. The van der Waals surface area contributed by atoms with Gasteiger partial charge in [0.15, 0.2) is 6.10 Å². The van der Waals surface area contributed by atoms with Crippen LogP contribution >= 0.6 is 0 Å². The number of ether oxygens (including phenoxy) is 1. The highest BCUT2D eigenvalue weighted by Gasteiger charge is 2.30. The predicted molar refractivity (Wildman–Crippen MR) is 108 cm³/mol. The zero-order valence-electron chi connectivity index (χ0n) is 16.2. The lowest BCUT2D eigenvalue weighted by molar-refractivity contribution is -0.146. The third-order valence-corrected chi connectivity index (χ3v) is 5.97. The van der Waals surface area contributed by atoms with E-state index in [-0.39, 0.29) is 29.5 Å². The Morgan fingerprint density at radius 1 is 1.10 bits per heavy atom. The van der Waals surface area contributed by atoms with E-state index in [9.17, 15) is 18.0 Å². The maximum absolute atomic E-state index is 12.4. The standard InChI is InChI=1S/C21H22N2O5S/c1-3-15-8-10-16(11-9-15)20(25)14(2)28-19(24)12-13-22-21-17-6-4-5-7-18(17)29(26,27)23-21/h4-11,14H,3,12-13H2,1-2H3,(H,22,23). The molecule has 8 heteroatoms. The Bertz CT molecular complexity index is 1060. The van der Waals surface area contributed by atoms with Gasteiger partial charge in [-0.15, -0.1) is 0 Å². The molecule has 0 bridgehead atoms. The van der Waals surface area contributed by atoms with Crippen molar-refractivity contribution in [1.29, 1.82) is 0 Å². The molecule has 0 radical (unpaired) electrons. The van der Waals surface area contributed by atoms with Gasteiger partial charge in [0.2, 0.25) is 5.78 Å². The monoisotopic (exact) mass is 414 g/mol. The van der Waals surface area contributed by atoms with Crippen molar-refractivity contribution in [2.45, 2.75) is 37.7 Å². The molecule has 152 valence electrons. The van der Waals surface area contributed by atoms with Gasteiger partial charge in [-0.3, -0.25) is 19.3 Å². The summed E-state index contributed by atoms with van der Waals surface area (Å²) in [5.74, 6) is -0.646. The molecule has 3 rings (SSSR count). The van der Waals surface area contributed by atoms with Crippen LogP contribution in [0.2, 0.25) is 0 Å². The van der Waals surface area contributed by atoms with Crippen LogP contribution in [0.3, 0.4) is 0 Å². The van der Waals surface area contributed by atoms with E-state index in [2.05, 4.69) is 9.71 Å². The van der Waals surface area contributed by atoms with Gasteiger partial charge in [-0.05, 0) is 31.0 Å². The molecule has 1 aliphatic rings. The van der Waals surface area contributed by atoms with Crippen molar-refractivity contribution in [2.75, 3.05) is 6.54 Å². The van der Waals surface area contributed by atoms with E-state index in [1.165, 1.54) is 13.0 Å². The van der Waals surface area contributed by atoms with Gasteiger partial charge in [0.25, 0.3) is 10.0 Å². The van der Waals surface area contributed by atoms with Gasteiger partial charge >= 0.3 is 5.97 Å². The number of hydrogen-bond acceptors (Lipinski definition) is 6. The lowest BCUT2D eigenvalue weighted by atomic mass is 10.0. The number of carbonyl (C=O) groups is 2.